The number of nitrogens with zero attached hydrogens (tertiary/aromatic N) is 1. The number of likely N-dealkylation sites (tertiary alicyclic amines) is 1. The molecule has 9 nitrogen and oxygen atoms in total. The molecule has 1 aliphatic carbocycles. The molecule has 184 valence electrons. The molecule has 0 radical (unpaired) electrons. The van der Waals surface area contributed by atoms with Crippen molar-refractivity contribution in [1.82, 2.24) is 4.90 Å². The summed E-state index contributed by atoms with van der Waals surface area (Å²) in [4.78, 5) is 24.2. The quantitative estimate of drug-likeness (QED) is 0.334. The highest BCUT2D eigenvalue weighted by Gasteiger charge is 2.49. The van der Waals surface area contributed by atoms with Gasteiger partial charge in [-0.1, -0.05) is 6.07 Å². The summed E-state index contributed by atoms with van der Waals surface area (Å²) in [6.45, 7) is 5.27. The second-order valence-corrected chi connectivity index (χ2v) is 10.9. The van der Waals surface area contributed by atoms with E-state index in [4.69, 9.17) is 23.3 Å². The number of carbonyl (C=O) groups is 1. The number of allylic oxidation sites excluding steroid dienone is 1. The fourth-order valence-corrected chi connectivity index (χ4v) is 5.18. The molecule has 1 unspecified atom stereocenters. The summed E-state index contributed by atoms with van der Waals surface area (Å²) in [6.07, 6.45) is 3.86. The lowest BCUT2D eigenvalue weighted by atomic mass is 9.68. The van der Waals surface area contributed by atoms with E-state index in [1.807, 2.05) is 25.3 Å². The first-order chi connectivity index (χ1) is 15.4. The van der Waals surface area contributed by atoms with Gasteiger partial charge in [-0.05, 0) is 71.0 Å². The predicted octanol–water partition coefficient (Wildman–Crippen LogP) is 4.00. The fourth-order valence-electron chi connectivity index (χ4n) is 4.49. The average Bonchev–Trinajstić information content (AvgIpc) is 3.09. The summed E-state index contributed by atoms with van der Waals surface area (Å²) in [5.74, 6) is 1.19. The Balaban J connectivity index is 1.73. The number of ether oxygens (including phenoxy) is 3. The van der Waals surface area contributed by atoms with Crippen LogP contribution in [0.1, 0.15) is 45.6 Å². The van der Waals surface area contributed by atoms with Crippen LogP contribution in [0.5, 0.6) is 11.5 Å². The minimum Gasteiger partial charge on any atom is -0.493 e. The number of hydrogen-bond acceptors (Lipinski definition) is 8. The van der Waals surface area contributed by atoms with E-state index in [9.17, 15) is 14.3 Å². The first kappa shape index (κ1) is 25.6. The van der Waals surface area contributed by atoms with Gasteiger partial charge in [0.2, 0.25) is 6.79 Å². The second-order valence-electron chi connectivity index (χ2n) is 9.54. The Labute approximate surface area is 195 Å². The molecule has 1 aromatic carbocycles. The lowest BCUT2D eigenvalue weighted by Gasteiger charge is -2.41. The molecule has 1 N–H and O–H groups in total. The fraction of sp³-hybridized carbons (Fsp3) is 0.609. The number of carbonyl (C=O) groups excluding carboxylic acids is 1. The van der Waals surface area contributed by atoms with Gasteiger partial charge in [0, 0.05) is 17.9 Å². The van der Waals surface area contributed by atoms with E-state index >= 15 is 0 Å². The molecule has 10 heteroatoms. The van der Waals surface area contributed by atoms with Gasteiger partial charge in [-0.25, -0.2) is 9.09 Å². The Morgan fingerprint density at radius 2 is 1.94 bits per heavy atom. The summed E-state index contributed by atoms with van der Waals surface area (Å²) in [5.41, 5.74) is 0.210. The number of rotatable bonds is 8. The highest BCUT2D eigenvalue weighted by Crippen LogP contribution is 2.53. The number of hydrogen-bond donors (Lipinski definition) is 1. The summed E-state index contributed by atoms with van der Waals surface area (Å²) in [5, 5.41) is 0. The molecule has 33 heavy (non-hydrogen) atoms. The van der Waals surface area contributed by atoms with Gasteiger partial charge in [-0.2, -0.15) is 0 Å². The third-order valence-electron chi connectivity index (χ3n) is 6.38. The van der Waals surface area contributed by atoms with Crippen molar-refractivity contribution in [2.45, 2.75) is 51.5 Å². The molecule has 0 amide bonds. The number of likely N-dealkylation sites (N-methyl/N-ethyl adjacent to an activating group) is 1. The van der Waals surface area contributed by atoms with Gasteiger partial charge in [-0.3, -0.25) is 9.69 Å². The maximum absolute atomic E-state index is 12.4. The third kappa shape index (κ3) is 5.54. The standard InChI is InChI=1S/C23H34NO8P/c1-22(2,3)21(25)30-15-31-33(26,27)32-17-9-10-23(11-12-24(4)20(23)14-17)16-7-8-18(28-5)19(13-16)29-6/h7-9,13,20H,10-12,14-15H2,1-6H3,(H,26,27)/t20-,23-/m0/s1. The third-order valence-corrected chi connectivity index (χ3v) is 7.28. The van der Waals surface area contributed by atoms with Crippen LogP contribution >= 0.6 is 7.82 Å². The van der Waals surface area contributed by atoms with Gasteiger partial charge in [0.15, 0.2) is 11.5 Å². The van der Waals surface area contributed by atoms with Gasteiger partial charge in [0.25, 0.3) is 0 Å². The molecular formula is C23H34NO8P. The highest BCUT2D eigenvalue weighted by atomic mass is 31.2. The van der Waals surface area contributed by atoms with E-state index in [1.165, 1.54) is 0 Å². The van der Waals surface area contributed by atoms with Crippen molar-refractivity contribution in [3.05, 3.63) is 35.6 Å². The van der Waals surface area contributed by atoms with E-state index in [0.29, 0.717) is 30.1 Å². The van der Waals surface area contributed by atoms with Gasteiger partial charge < -0.3 is 23.6 Å². The predicted molar refractivity (Wildman–Crippen MR) is 122 cm³/mol. The number of phosphoric acid groups is 1. The van der Waals surface area contributed by atoms with Crippen LogP contribution < -0.4 is 9.47 Å². The molecule has 1 fully saturated rings. The van der Waals surface area contributed by atoms with Gasteiger partial charge in [0.05, 0.1) is 19.6 Å². The number of methoxy groups -OCH3 is 2. The minimum atomic E-state index is -4.44. The smallest absolute Gasteiger partial charge is 0.493 e. The van der Waals surface area contributed by atoms with Crippen molar-refractivity contribution in [3.63, 3.8) is 0 Å². The second kappa shape index (κ2) is 9.66. The maximum atomic E-state index is 12.4. The molecule has 2 aliphatic rings. The Hall–Kier alpha value is -2.06. The van der Waals surface area contributed by atoms with E-state index < -0.39 is 26.0 Å². The van der Waals surface area contributed by atoms with Crippen molar-refractivity contribution in [2.75, 3.05) is 34.6 Å². The minimum absolute atomic E-state index is 0.0642. The summed E-state index contributed by atoms with van der Waals surface area (Å²) in [6, 6.07) is 6.03. The van der Waals surface area contributed by atoms with Crippen LogP contribution in [-0.2, 0) is 28.6 Å². The first-order valence-electron chi connectivity index (χ1n) is 10.9. The average molecular weight is 483 g/mol. The first-order valence-corrected chi connectivity index (χ1v) is 12.4. The van der Waals surface area contributed by atoms with E-state index in [-0.39, 0.29) is 11.5 Å². The van der Waals surface area contributed by atoms with Crippen LogP contribution in [0.3, 0.4) is 0 Å². The van der Waals surface area contributed by atoms with Crippen LogP contribution in [-0.4, -0.2) is 56.4 Å². The number of fused-ring (bicyclic) bond motifs is 1. The van der Waals surface area contributed by atoms with Gasteiger partial charge >= 0.3 is 13.8 Å². The van der Waals surface area contributed by atoms with Crippen LogP contribution in [0.2, 0.25) is 0 Å². The largest absolute Gasteiger partial charge is 0.530 e. The van der Waals surface area contributed by atoms with E-state index in [1.54, 1.807) is 35.0 Å². The highest BCUT2D eigenvalue weighted by molar-refractivity contribution is 7.47. The zero-order valence-corrected chi connectivity index (χ0v) is 21.0. The van der Waals surface area contributed by atoms with Crippen molar-refractivity contribution >= 4 is 13.8 Å². The Kier molecular flexibility index (Phi) is 7.49. The zero-order valence-electron chi connectivity index (χ0n) is 20.1. The molecular weight excluding hydrogens is 449 g/mol. The number of esters is 1. The molecule has 3 atom stereocenters. The molecule has 1 aliphatic heterocycles. The van der Waals surface area contributed by atoms with Crippen molar-refractivity contribution in [3.8, 4) is 11.5 Å². The van der Waals surface area contributed by atoms with Crippen molar-refractivity contribution < 1.29 is 37.5 Å². The van der Waals surface area contributed by atoms with Crippen molar-refractivity contribution in [2.24, 2.45) is 5.41 Å². The topological polar surface area (TPSA) is 104 Å². The van der Waals surface area contributed by atoms with Crippen molar-refractivity contribution in [1.29, 1.82) is 0 Å². The molecule has 1 aromatic rings. The summed E-state index contributed by atoms with van der Waals surface area (Å²) >= 11 is 0. The molecule has 1 heterocycles. The van der Waals surface area contributed by atoms with Crippen LogP contribution in [0.25, 0.3) is 0 Å². The zero-order chi connectivity index (χ0) is 24.4. The Morgan fingerprint density at radius 3 is 2.58 bits per heavy atom. The number of phosphoric ester groups is 1. The lowest BCUT2D eigenvalue weighted by molar-refractivity contribution is -0.160. The summed E-state index contributed by atoms with van der Waals surface area (Å²) in [7, 11) is 0.814. The Morgan fingerprint density at radius 1 is 1.24 bits per heavy atom. The monoisotopic (exact) mass is 483 g/mol. The van der Waals surface area contributed by atoms with Crippen LogP contribution in [0.4, 0.5) is 0 Å². The molecule has 0 spiro atoms. The van der Waals surface area contributed by atoms with Gasteiger partial charge in [-0.15, -0.1) is 0 Å². The number of benzene rings is 1. The van der Waals surface area contributed by atoms with Crippen LogP contribution in [0, 0.1) is 5.41 Å². The molecule has 0 aromatic heterocycles. The SMILES string of the molecule is COc1ccc([C@@]23CC=C(OP(=O)(O)OCOC(=O)C(C)(C)C)C[C@@H]2N(C)CC3)cc1OC. The normalized spacial score (nSPS) is 24.9. The maximum Gasteiger partial charge on any atom is 0.530 e. The molecule has 0 bridgehead atoms. The van der Waals surface area contributed by atoms with Crippen LogP contribution in [0.15, 0.2) is 30.0 Å². The lowest BCUT2D eigenvalue weighted by Crippen LogP contribution is -2.43. The molecule has 0 saturated carbocycles. The molecule has 3 rings (SSSR count). The van der Waals surface area contributed by atoms with Gasteiger partial charge in [0.1, 0.15) is 5.76 Å². The Bertz CT molecular complexity index is 956. The molecule has 1 saturated heterocycles. The van der Waals surface area contributed by atoms with E-state index in [2.05, 4.69) is 11.0 Å². The van der Waals surface area contributed by atoms with E-state index in [0.717, 1.165) is 18.5 Å². The summed E-state index contributed by atoms with van der Waals surface area (Å²) < 4.78 is 38.4.